The highest BCUT2D eigenvalue weighted by atomic mass is 16.5. The summed E-state index contributed by atoms with van der Waals surface area (Å²) in [6.07, 6.45) is 8.01. The quantitative estimate of drug-likeness (QED) is 0.417. The van der Waals surface area contributed by atoms with Gasteiger partial charge in [-0.05, 0) is 42.7 Å². The summed E-state index contributed by atoms with van der Waals surface area (Å²) in [6, 6.07) is 8.07. The highest BCUT2D eigenvalue weighted by Crippen LogP contribution is 2.10. The Bertz CT molecular complexity index is 692. The van der Waals surface area contributed by atoms with Gasteiger partial charge in [-0.25, -0.2) is 5.48 Å². The molecule has 0 aliphatic carbocycles. The van der Waals surface area contributed by atoms with Gasteiger partial charge in [-0.2, -0.15) is 5.10 Å². The van der Waals surface area contributed by atoms with Crippen LogP contribution in [0.2, 0.25) is 0 Å². The smallest absolute Gasteiger partial charge is 0.267 e. The molecule has 6 heteroatoms. The summed E-state index contributed by atoms with van der Waals surface area (Å²) in [4.78, 5) is 13.4. The average molecular weight is 342 g/mol. The van der Waals surface area contributed by atoms with Crippen molar-refractivity contribution in [3.8, 4) is 0 Å². The van der Waals surface area contributed by atoms with Crippen molar-refractivity contribution in [1.29, 1.82) is 0 Å². The first-order valence-corrected chi connectivity index (χ1v) is 8.53. The summed E-state index contributed by atoms with van der Waals surface area (Å²) in [6.45, 7) is 7.99. The highest BCUT2D eigenvalue weighted by molar-refractivity contribution is 5.90. The molecule has 1 aromatic heterocycles. The third kappa shape index (κ3) is 6.52. The molecule has 6 nitrogen and oxygen atoms in total. The van der Waals surface area contributed by atoms with Crippen LogP contribution < -0.4 is 5.48 Å². The predicted octanol–water partition coefficient (Wildman–Crippen LogP) is 2.62. The van der Waals surface area contributed by atoms with Crippen molar-refractivity contribution >= 4 is 12.0 Å². The number of carbonyl (C=O) groups is 1. The SMILES string of the molecule is CCCN(CCn1cc(C)cn1)Cc1ccc(/C=C/C(=O)NO)cc1. The number of rotatable bonds is 9. The van der Waals surface area contributed by atoms with Crippen molar-refractivity contribution in [2.45, 2.75) is 33.4 Å². The molecule has 1 amide bonds. The van der Waals surface area contributed by atoms with Gasteiger partial charge in [-0.15, -0.1) is 0 Å². The summed E-state index contributed by atoms with van der Waals surface area (Å²) >= 11 is 0. The Morgan fingerprint density at radius 3 is 2.68 bits per heavy atom. The third-order valence-electron chi connectivity index (χ3n) is 3.87. The predicted molar refractivity (Wildman–Crippen MR) is 97.9 cm³/mol. The maximum Gasteiger partial charge on any atom is 0.267 e. The molecule has 0 unspecified atom stereocenters. The van der Waals surface area contributed by atoms with E-state index >= 15 is 0 Å². The van der Waals surface area contributed by atoms with Gasteiger partial charge in [0.05, 0.1) is 12.7 Å². The Labute approximate surface area is 148 Å². The van der Waals surface area contributed by atoms with E-state index in [0.717, 1.165) is 38.2 Å². The van der Waals surface area contributed by atoms with E-state index < -0.39 is 5.91 Å². The number of nitrogens with one attached hydrogen (secondary N) is 1. The van der Waals surface area contributed by atoms with Crippen molar-refractivity contribution < 1.29 is 10.0 Å². The number of amides is 1. The van der Waals surface area contributed by atoms with Crippen molar-refractivity contribution in [3.05, 3.63) is 59.4 Å². The number of carbonyl (C=O) groups excluding carboxylic acids is 1. The van der Waals surface area contributed by atoms with E-state index in [1.807, 2.05) is 29.9 Å². The highest BCUT2D eigenvalue weighted by Gasteiger charge is 2.06. The average Bonchev–Trinajstić information content (AvgIpc) is 3.04. The lowest BCUT2D eigenvalue weighted by Crippen LogP contribution is -2.28. The number of aryl methyl sites for hydroxylation is 1. The Balaban J connectivity index is 1.91. The molecule has 0 radical (unpaired) electrons. The zero-order valence-electron chi connectivity index (χ0n) is 14.9. The molecule has 0 saturated carbocycles. The monoisotopic (exact) mass is 342 g/mol. The minimum atomic E-state index is -0.535. The van der Waals surface area contributed by atoms with Crippen LogP contribution in [0.3, 0.4) is 0 Å². The first-order chi connectivity index (χ1) is 12.1. The molecular weight excluding hydrogens is 316 g/mol. The summed E-state index contributed by atoms with van der Waals surface area (Å²) in [5.41, 5.74) is 4.91. The van der Waals surface area contributed by atoms with Crippen LogP contribution in [0.5, 0.6) is 0 Å². The Kier molecular flexibility index (Phi) is 7.37. The number of benzene rings is 1. The second-order valence-electron chi connectivity index (χ2n) is 6.11. The fourth-order valence-electron chi connectivity index (χ4n) is 2.62. The minimum absolute atomic E-state index is 0.535. The molecule has 1 aromatic carbocycles. The van der Waals surface area contributed by atoms with E-state index in [1.165, 1.54) is 17.2 Å². The van der Waals surface area contributed by atoms with E-state index in [1.54, 1.807) is 11.6 Å². The summed E-state index contributed by atoms with van der Waals surface area (Å²) in [7, 11) is 0. The van der Waals surface area contributed by atoms with Crippen LogP contribution in [-0.4, -0.2) is 38.9 Å². The normalized spacial score (nSPS) is 11.4. The zero-order chi connectivity index (χ0) is 18.1. The van der Waals surface area contributed by atoms with Gasteiger partial charge in [-0.3, -0.25) is 19.6 Å². The second-order valence-corrected chi connectivity index (χ2v) is 6.11. The summed E-state index contributed by atoms with van der Waals surface area (Å²) < 4.78 is 1.98. The molecule has 2 N–H and O–H groups in total. The van der Waals surface area contributed by atoms with Gasteiger partial charge in [0.2, 0.25) is 0 Å². The largest absolute Gasteiger partial charge is 0.297 e. The molecule has 0 aliphatic rings. The third-order valence-corrected chi connectivity index (χ3v) is 3.87. The Morgan fingerprint density at radius 2 is 2.08 bits per heavy atom. The molecule has 0 spiro atoms. The Hall–Kier alpha value is -2.44. The lowest BCUT2D eigenvalue weighted by atomic mass is 10.1. The maximum absolute atomic E-state index is 11.0. The number of aromatic nitrogens is 2. The topological polar surface area (TPSA) is 70.4 Å². The minimum Gasteiger partial charge on any atom is -0.297 e. The molecule has 25 heavy (non-hydrogen) atoms. The fourth-order valence-corrected chi connectivity index (χ4v) is 2.62. The first-order valence-electron chi connectivity index (χ1n) is 8.53. The van der Waals surface area contributed by atoms with Crippen LogP contribution in [0.4, 0.5) is 0 Å². The van der Waals surface area contributed by atoms with Crippen LogP contribution in [-0.2, 0) is 17.9 Å². The molecule has 0 fully saturated rings. The van der Waals surface area contributed by atoms with Crippen molar-refractivity contribution in [2.75, 3.05) is 13.1 Å². The lowest BCUT2D eigenvalue weighted by Gasteiger charge is -2.21. The zero-order valence-corrected chi connectivity index (χ0v) is 14.9. The maximum atomic E-state index is 11.0. The fraction of sp³-hybridized carbons (Fsp3) is 0.368. The molecular formula is C19H26N4O2. The number of hydrogen-bond donors (Lipinski definition) is 2. The molecule has 2 rings (SSSR count). The van der Waals surface area contributed by atoms with E-state index in [-0.39, 0.29) is 0 Å². The molecule has 0 atom stereocenters. The second kappa shape index (κ2) is 9.76. The van der Waals surface area contributed by atoms with Gasteiger partial charge < -0.3 is 0 Å². The molecule has 2 aromatic rings. The van der Waals surface area contributed by atoms with Crippen molar-refractivity contribution in [3.63, 3.8) is 0 Å². The van der Waals surface area contributed by atoms with Crippen LogP contribution >= 0.6 is 0 Å². The first kappa shape index (κ1) is 18.9. The van der Waals surface area contributed by atoms with Gasteiger partial charge in [0, 0.05) is 25.4 Å². The van der Waals surface area contributed by atoms with Crippen LogP contribution in [0.15, 0.2) is 42.7 Å². The van der Waals surface area contributed by atoms with E-state index in [4.69, 9.17) is 5.21 Å². The molecule has 1 heterocycles. The van der Waals surface area contributed by atoms with E-state index in [2.05, 4.69) is 35.3 Å². The Morgan fingerprint density at radius 1 is 1.32 bits per heavy atom. The summed E-state index contributed by atoms with van der Waals surface area (Å²) in [5.74, 6) is -0.535. The van der Waals surface area contributed by atoms with Gasteiger partial charge >= 0.3 is 0 Å². The van der Waals surface area contributed by atoms with Crippen molar-refractivity contribution in [2.24, 2.45) is 0 Å². The number of hydrogen-bond acceptors (Lipinski definition) is 4. The number of hydroxylamine groups is 1. The van der Waals surface area contributed by atoms with Gasteiger partial charge in [0.25, 0.3) is 5.91 Å². The molecule has 0 saturated heterocycles. The standard InChI is InChI=1S/C19H26N4O2/c1-3-10-22(11-12-23-14-16(2)13-20-23)15-18-6-4-17(5-7-18)8-9-19(24)21-25/h4-9,13-14,25H,3,10-12,15H2,1-2H3,(H,21,24)/b9-8+. The van der Waals surface area contributed by atoms with Crippen LogP contribution in [0, 0.1) is 6.92 Å². The lowest BCUT2D eigenvalue weighted by molar-refractivity contribution is -0.124. The van der Waals surface area contributed by atoms with Crippen LogP contribution in [0.25, 0.3) is 6.08 Å². The van der Waals surface area contributed by atoms with E-state index in [9.17, 15) is 4.79 Å². The van der Waals surface area contributed by atoms with Gasteiger partial charge in [-0.1, -0.05) is 31.2 Å². The van der Waals surface area contributed by atoms with Crippen molar-refractivity contribution in [1.82, 2.24) is 20.2 Å². The van der Waals surface area contributed by atoms with E-state index in [0.29, 0.717) is 0 Å². The number of nitrogens with zero attached hydrogens (tertiary/aromatic N) is 3. The van der Waals surface area contributed by atoms with Crippen LogP contribution in [0.1, 0.15) is 30.0 Å². The molecule has 0 aliphatic heterocycles. The summed E-state index contributed by atoms with van der Waals surface area (Å²) in [5, 5.41) is 12.8. The van der Waals surface area contributed by atoms with Gasteiger partial charge in [0.15, 0.2) is 0 Å². The molecule has 0 bridgehead atoms. The van der Waals surface area contributed by atoms with Gasteiger partial charge in [0.1, 0.15) is 0 Å². The molecule has 134 valence electrons.